The summed E-state index contributed by atoms with van der Waals surface area (Å²) >= 11 is 3.48. The van der Waals surface area contributed by atoms with Gasteiger partial charge in [0.1, 0.15) is 23.0 Å². The molecular weight excluding hydrogens is 528 g/mol. The second-order valence-electron chi connectivity index (χ2n) is 9.16. The molecule has 37 heavy (non-hydrogen) atoms. The monoisotopic (exact) mass is 554 g/mol. The highest BCUT2D eigenvalue weighted by Crippen LogP contribution is 2.33. The number of amides is 1. The summed E-state index contributed by atoms with van der Waals surface area (Å²) in [6.07, 6.45) is 3.51. The lowest BCUT2D eigenvalue weighted by Gasteiger charge is -2.14. The van der Waals surface area contributed by atoms with Gasteiger partial charge in [0.25, 0.3) is 5.91 Å². The highest BCUT2D eigenvalue weighted by Gasteiger charge is 2.18. The summed E-state index contributed by atoms with van der Waals surface area (Å²) < 4.78 is 7.16. The van der Waals surface area contributed by atoms with Crippen molar-refractivity contribution >= 4 is 44.7 Å². The van der Waals surface area contributed by atoms with Gasteiger partial charge >= 0.3 is 0 Å². The molecule has 4 aromatic rings. The zero-order valence-corrected chi connectivity index (χ0v) is 22.2. The van der Waals surface area contributed by atoms with E-state index in [1.807, 2.05) is 67.6 Å². The molecule has 7 heteroatoms. The Morgan fingerprint density at radius 1 is 0.973 bits per heavy atom. The van der Waals surface area contributed by atoms with Crippen LogP contribution in [0.15, 0.2) is 94.5 Å². The molecule has 186 valence electrons. The van der Waals surface area contributed by atoms with E-state index in [1.165, 1.54) is 5.56 Å². The largest absolute Gasteiger partial charge is 0.457 e. The summed E-state index contributed by atoms with van der Waals surface area (Å²) in [4.78, 5) is 21.9. The van der Waals surface area contributed by atoms with Gasteiger partial charge in [-0.25, -0.2) is 4.99 Å². The normalized spacial score (nSPS) is 14.7. The number of hydrogen-bond donors (Lipinski definition) is 2. The standard InChI is InChI=1S/C30H27BrN4O2/c1-19-4-3-5-24(16-19)34-30(36)28-18-26(14-15-32-28)37-25-13-8-21-7-6-20(2)29(35-27(21)17-25)33-23-11-9-22(31)10-12-23/h3-5,8-18,20H,6-7H2,1-2H3,(H,33,35)(H,34,36). The Kier molecular flexibility index (Phi) is 7.32. The minimum atomic E-state index is -0.291. The van der Waals surface area contributed by atoms with Gasteiger partial charge in [-0.1, -0.05) is 41.1 Å². The highest BCUT2D eigenvalue weighted by molar-refractivity contribution is 9.10. The Balaban J connectivity index is 1.35. The van der Waals surface area contributed by atoms with Crippen molar-refractivity contribution in [1.82, 2.24) is 4.98 Å². The molecule has 1 unspecified atom stereocenters. The van der Waals surface area contributed by atoms with Crippen molar-refractivity contribution in [3.63, 3.8) is 0 Å². The number of ether oxygens (including phenoxy) is 1. The van der Waals surface area contributed by atoms with Gasteiger partial charge in [-0.2, -0.15) is 0 Å². The van der Waals surface area contributed by atoms with Gasteiger partial charge < -0.3 is 15.4 Å². The lowest BCUT2D eigenvalue weighted by molar-refractivity contribution is 0.102. The molecule has 1 atom stereocenters. The number of halogens is 1. The number of rotatable bonds is 5. The van der Waals surface area contributed by atoms with Crippen LogP contribution in [0, 0.1) is 12.8 Å². The summed E-state index contributed by atoms with van der Waals surface area (Å²) in [5.41, 5.74) is 5.13. The SMILES string of the molecule is Cc1cccc(NC(=O)c2cc(Oc3ccc4c(c3)N=C(Nc3ccc(Br)cc3)C(C)CC4)ccn2)c1. The molecule has 1 aromatic heterocycles. The van der Waals surface area contributed by atoms with E-state index >= 15 is 0 Å². The number of nitrogens with zero attached hydrogens (tertiary/aromatic N) is 2. The number of aryl methyl sites for hydroxylation is 2. The Bertz CT molecular complexity index is 1470. The van der Waals surface area contributed by atoms with E-state index in [4.69, 9.17) is 9.73 Å². The number of hydrogen-bond acceptors (Lipinski definition) is 5. The molecule has 2 N–H and O–H groups in total. The molecule has 0 bridgehead atoms. The predicted molar refractivity (Wildman–Crippen MR) is 152 cm³/mol. The smallest absolute Gasteiger partial charge is 0.274 e. The third-order valence-corrected chi connectivity index (χ3v) is 6.73. The molecule has 1 amide bonds. The average molecular weight is 555 g/mol. The molecule has 0 fully saturated rings. The van der Waals surface area contributed by atoms with E-state index in [0.717, 1.165) is 45.8 Å². The van der Waals surface area contributed by atoms with Gasteiger partial charge in [0.05, 0.1) is 5.69 Å². The Labute approximate surface area is 225 Å². The van der Waals surface area contributed by atoms with Crippen molar-refractivity contribution in [2.75, 3.05) is 10.6 Å². The number of aromatic nitrogens is 1. The molecule has 0 spiro atoms. The lowest BCUT2D eigenvalue weighted by atomic mass is 10.0. The number of pyridine rings is 1. The summed E-state index contributed by atoms with van der Waals surface area (Å²) in [7, 11) is 0. The molecule has 2 heterocycles. The van der Waals surface area contributed by atoms with Crippen molar-refractivity contribution in [2.45, 2.75) is 26.7 Å². The molecule has 0 radical (unpaired) electrons. The highest BCUT2D eigenvalue weighted by atomic mass is 79.9. The minimum absolute atomic E-state index is 0.279. The van der Waals surface area contributed by atoms with Crippen LogP contribution in [-0.2, 0) is 6.42 Å². The lowest BCUT2D eigenvalue weighted by Crippen LogP contribution is -2.20. The van der Waals surface area contributed by atoms with Crippen LogP contribution in [0.1, 0.15) is 35.0 Å². The number of aliphatic imine (C=N–C) groups is 1. The Morgan fingerprint density at radius 3 is 2.59 bits per heavy atom. The fraction of sp³-hybridized carbons (Fsp3) is 0.167. The van der Waals surface area contributed by atoms with Crippen LogP contribution in [0.3, 0.4) is 0 Å². The van der Waals surface area contributed by atoms with E-state index in [-0.39, 0.29) is 17.5 Å². The van der Waals surface area contributed by atoms with E-state index in [1.54, 1.807) is 18.3 Å². The van der Waals surface area contributed by atoms with Gasteiger partial charge in [0, 0.05) is 40.1 Å². The third kappa shape index (κ3) is 6.24. The van der Waals surface area contributed by atoms with Crippen LogP contribution in [-0.4, -0.2) is 16.7 Å². The molecule has 3 aromatic carbocycles. The molecule has 5 rings (SSSR count). The number of anilines is 2. The van der Waals surface area contributed by atoms with Crippen molar-refractivity contribution in [2.24, 2.45) is 10.9 Å². The maximum Gasteiger partial charge on any atom is 0.274 e. The van der Waals surface area contributed by atoms with Crippen LogP contribution in [0.5, 0.6) is 11.5 Å². The Morgan fingerprint density at radius 2 is 1.78 bits per heavy atom. The van der Waals surface area contributed by atoms with Gasteiger partial charge in [0.2, 0.25) is 0 Å². The van der Waals surface area contributed by atoms with Gasteiger partial charge in [-0.3, -0.25) is 9.78 Å². The quantitative estimate of drug-likeness (QED) is 0.262. The number of carbonyl (C=O) groups excluding carboxylic acids is 1. The summed E-state index contributed by atoms with van der Waals surface area (Å²) in [6.45, 7) is 4.17. The zero-order chi connectivity index (χ0) is 25.8. The first-order valence-electron chi connectivity index (χ1n) is 12.2. The molecule has 0 aliphatic carbocycles. The van der Waals surface area contributed by atoms with E-state index in [9.17, 15) is 4.79 Å². The van der Waals surface area contributed by atoms with Crippen LogP contribution in [0.25, 0.3) is 0 Å². The van der Waals surface area contributed by atoms with Gasteiger partial charge in [-0.15, -0.1) is 0 Å². The first-order valence-corrected chi connectivity index (χ1v) is 13.0. The number of benzene rings is 3. The van der Waals surface area contributed by atoms with Crippen molar-refractivity contribution < 1.29 is 9.53 Å². The minimum Gasteiger partial charge on any atom is -0.457 e. The number of nitrogens with one attached hydrogen (secondary N) is 2. The summed E-state index contributed by atoms with van der Waals surface area (Å²) in [5, 5.41) is 6.37. The summed E-state index contributed by atoms with van der Waals surface area (Å²) in [5.74, 6) is 2.10. The number of carbonyl (C=O) groups is 1. The van der Waals surface area contributed by atoms with Crippen LogP contribution in [0.4, 0.5) is 17.1 Å². The molecule has 1 aliphatic heterocycles. The second kappa shape index (κ2) is 11.0. The van der Waals surface area contributed by atoms with Crippen LogP contribution in [0.2, 0.25) is 0 Å². The first kappa shape index (κ1) is 24.7. The van der Waals surface area contributed by atoms with Crippen molar-refractivity contribution in [3.8, 4) is 11.5 Å². The fourth-order valence-corrected chi connectivity index (χ4v) is 4.42. The molecule has 0 saturated heterocycles. The van der Waals surface area contributed by atoms with Crippen LogP contribution < -0.4 is 15.4 Å². The molecule has 6 nitrogen and oxygen atoms in total. The van der Waals surface area contributed by atoms with Crippen molar-refractivity contribution in [1.29, 1.82) is 0 Å². The third-order valence-electron chi connectivity index (χ3n) is 6.20. The van der Waals surface area contributed by atoms with Gasteiger partial charge in [0.15, 0.2) is 0 Å². The number of amidine groups is 1. The summed E-state index contributed by atoms with van der Waals surface area (Å²) in [6, 6.07) is 25.1. The maximum atomic E-state index is 12.7. The van der Waals surface area contributed by atoms with Crippen molar-refractivity contribution in [3.05, 3.63) is 106 Å². The van der Waals surface area contributed by atoms with E-state index in [2.05, 4.69) is 44.5 Å². The Hall–Kier alpha value is -3.97. The topological polar surface area (TPSA) is 75.6 Å². The molecule has 1 aliphatic rings. The maximum absolute atomic E-state index is 12.7. The molecule has 0 saturated carbocycles. The average Bonchev–Trinajstić information content (AvgIpc) is 3.04. The fourth-order valence-electron chi connectivity index (χ4n) is 4.16. The van der Waals surface area contributed by atoms with Gasteiger partial charge in [-0.05, 0) is 79.4 Å². The second-order valence-corrected chi connectivity index (χ2v) is 10.1. The van der Waals surface area contributed by atoms with E-state index < -0.39 is 0 Å². The molecular formula is C30H27BrN4O2. The predicted octanol–water partition coefficient (Wildman–Crippen LogP) is 7.92. The first-order chi connectivity index (χ1) is 17.9. The zero-order valence-electron chi connectivity index (χ0n) is 20.7. The van der Waals surface area contributed by atoms with E-state index in [0.29, 0.717) is 11.5 Å². The number of fused-ring (bicyclic) bond motifs is 1. The van der Waals surface area contributed by atoms with Crippen LogP contribution >= 0.6 is 15.9 Å².